The second kappa shape index (κ2) is 9.23. The Bertz CT molecular complexity index is 846. The van der Waals surface area contributed by atoms with Gasteiger partial charge in [-0.15, -0.1) is 0 Å². The Morgan fingerprint density at radius 1 is 0.862 bits per heavy atom. The van der Waals surface area contributed by atoms with Crippen LogP contribution in [0.15, 0.2) is 54.6 Å². The van der Waals surface area contributed by atoms with Crippen LogP contribution in [0, 0.1) is 0 Å². The molecule has 2 aromatic carbocycles. The van der Waals surface area contributed by atoms with E-state index in [1.54, 1.807) is 4.90 Å². The number of hydrogen-bond donors (Lipinski definition) is 1. The molecule has 1 atom stereocenters. The van der Waals surface area contributed by atoms with Gasteiger partial charge in [0, 0.05) is 24.3 Å². The molecule has 0 radical (unpaired) electrons. The van der Waals surface area contributed by atoms with E-state index < -0.39 is 6.04 Å². The molecule has 5 nitrogen and oxygen atoms in total. The summed E-state index contributed by atoms with van der Waals surface area (Å²) >= 11 is 0. The number of para-hydroxylation sites is 1. The monoisotopic (exact) mass is 391 g/mol. The number of benzene rings is 2. The van der Waals surface area contributed by atoms with Gasteiger partial charge in [0.05, 0.1) is 0 Å². The van der Waals surface area contributed by atoms with Crippen molar-refractivity contribution < 1.29 is 9.59 Å². The van der Waals surface area contributed by atoms with Crippen LogP contribution in [0.2, 0.25) is 0 Å². The Morgan fingerprint density at radius 3 is 2.34 bits per heavy atom. The Hall–Kier alpha value is -2.66. The fourth-order valence-corrected chi connectivity index (χ4v) is 4.37. The molecule has 2 saturated heterocycles. The molecule has 5 heteroatoms. The summed E-state index contributed by atoms with van der Waals surface area (Å²) in [7, 11) is 0. The van der Waals surface area contributed by atoms with E-state index in [1.165, 1.54) is 12.8 Å². The average molecular weight is 392 g/mol. The van der Waals surface area contributed by atoms with E-state index in [4.69, 9.17) is 0 Å². The van der Waals surface area contributed by atoms with Gasteiger partial charge in [-0.3, -0.25) is 14.5 Å². The minimum Gasteiger partial charge on any atom is -0.327 e. The van der Waals surface area contributed by atoms with Gasteiger partial charge in [0.15, 0.2) is 0 Å². The van der Waals surface area contributed by atoms with Gasteiger partial charge in [-0.2, -0.15) is 0 Å². The van der Waals surface area contributed by atoms with E-state index in [1.807, 2.05) is 48.5 Å². The van der Waals surface area contributed by atoms with E-state index in [-0.39, 0.29) is 11.8 Å². The van der Waals surface area contributed by atoms with Crippen LogP contribution < -0.4 is 5.32 Å². The van der Waals surface area contributed by atoms with Gasteiger partial charge in [0.2, 0.25) is 5.91 Å². The number of carbonyl (C=O) groups excluding carboxylic acids is 2. The highest BCUT2D eigenvalue weighted by molar-refractivity contribution is 6.01. The Labute approximate surface area is 172 Å². The molecule has 29 heavy (non-hydrogen) atoms. The second-order valence-corrected chi connectivity index (χ2v) is 8.01. The lowest BCUT2D eigenvalue weighted by Crippen LogP contribution is -2.50. The molecule has 152 valence electrons. The van der Waals surface area contributed by atoms with Crippen molar-refractivity contribution in [1.29, 1.82) is 0 Å². The van der Waals surface area contributed by atoms with E-state index in [9.17, 15) is 9.59 Å². The SMILES string of the molecule is O=C(Nc1ccccc1CN1CCCC1)C1CCCCN1C(=O)c1ccccc1. The van der Waals surface area contributed by atoms with Crippen molar-refractivity contribution in [1.82, 2.24) is 9.80 Å². The number of nitrogens with one attached hydrogen (secondary N) is 1. The van der Waals surface area contributed by atoms with Crippen molar-refractivity contribution >= 4 is 17.5 Å². The zero-order valence-corrected chi connectivity index (χ0v) is 16.8. The van der Waals surface area contributed by atoms with Gasteiger partial charge >= 0.3 is 0 Å². The molecule has 0 aromatic heterocycles. The molecule has 0 saturated carbocycles. The van der Waals surface area contributed by atoms with Crippen LogP contribution in [0.1, 0.15) is 48.0 Å². The maximum atomic E-state index is 13.2. The lowest BCUT2D eigenvalue weighted by molar-refractivity contribution is -0.121. The zero-order valence-electron chi connectivity index (χ0n) is 16.8. The molecular weight excluding hydrogens is 362 g/mol. The highest BCUT2D eigenvalue weighted by atomic mass is 16.2. The smallest absolute Gasteiger partial charge is 0.254 e. The summed E-state index contributed by atoms with van der Waals surface area (Å²) in [5.74, 6) is -0.140. The zero-order chi connectivity index (χ0) is 20.1. The second-order valence-electron chi connectivity index (χ2n) is 8.01. The largest absolute Gasteiger partial charge is 0.327 e. The number of rotatable bonds is 5. The Morgan fingerprint density at radius 2 is 1.55 bits per heavy atom. The van der Waals surface area contributed by atoms with Gasteiger partial charge in [-0.1, -0.05) is 36.4 Å². The lowest BCUT2D eigenvalue weighted by atomic mass is 9.99. The summed E-state index contributed by atoms with van der Waals surface area (Å²) < 4.78 is 0. The maximum Gasteiger partial charge on any atom is 0.254 e. The Kier molecular flexibility index (Phi) is 6.25. The van der Waals surface area contributed by atoms with Gasteiger partial charge < -0.3 is 10.2 Å². The van der Waals surface area contributed by atoms with Gasteiger partial charge in [0.25, 0.3) is 5.91 Å². The molecular formula is C24H29N3O2. The number of likely N-dealkylation sites (tertiary alicyclic amines) is 2. The van der Waals surface area contributed by atoms with Crippen molar-refractivity contribution in [2.75, 3.05) is 25.0 Å². The van der Waals surface area contributed by atoms with Crippen LogP contribution in [0.3, 0.4) is 0 Å². The number of nitrogens with zero attached hydrogens (tertiary/aromatic N) is 2. The first-order chi connectivity index (χ1) is 14.2. The summed E-state index contributed by atoms with van der Waals surface area (Å²) in [4.78, 5) is 30.4. The standard InChI is InChI=1S/C24H29N3O2/c28-23(25-21-13-5-4-12-20(21)18-26-15-8-9-16-26)22-14-6-7-17-27(22)24(29)19-10-2-1-3-11-19/h1-5,10-13,22H,6-9,14-18H2,(H,25,28). The highest BCUT2D eigenvalue weighted by Gasteiger charge is 2.33. The Balaban J connectivity index is 1.49. The van der Waals surface area contributed by atoms with Crippen LogP contribution in [-0.4, -0.2) is 47.3 Å². The molecule has 0 aliphatic carbocycles. The van der Waals surface area contributed by atoms with E-state index in [0.29, 0.717) is 18.5 Å². The van der Waals surface area contributed by atoms with E-state index in [2.05, 4.69) is 16.3 Å². The number of anilines is 1. The fraction of sp³-hybridized carbons (Fsp3) is 0.417. The summed E-state index contributed by atoms with van der Waals surface area (Å²) in [6.45, 7) is 3.71. The highest BCUT2D eigenvalue weighted by Crippen LogP contribution is 2.24. The van der Waals surface area contributed by atoms with Crippen LogP contribution in [0.4, 0.5) is 5.69 Å². The third-order valence-corrected chi connectivity index (χ3v) is 5.95. The molecule has 4 rings (SSSR count). The molecule has 2 fully saturated rings. The predicted octanol–water partition coefficient (Wildman–Crippen LogP) is 3.92. The van der Waals surface area contributed by atoms with Gasteiger partial charge in [-0.25, -0.2) is 0 Å². The molecule has 1 N–H and O–H groups in total. The number of carbonyl (C=O) groups is 2. The minimum atomic E-state index is -0.420. The van der Waals surface area contributed by atoms with Crippen LogP contribution in [-0.2, 0) is 11.3 Å². The molecule has 2 amide bonds. The van der Waals surface area contributed by atoms with Crippen molar-refractivity contribution in [2.45, 2.75) is 44.7 Å². The van der Waals surface area contributed by atoms with Crippen LogP contribution in [0.25, 0.3) is 0 Å². The minimum absolute atomic E-state index is 0.0594. The third kappa shape index (κ3) is 4.67. The predicted molar refractivity (Wildman–Crippen MR) is 115 cm³/mol. The van der Waals surface area contributed by atoms with Crippen molar-refractivity contribution in [2.24, 2.45) is 0 Å². The normalized spacial score (nSPS) is 19.9. The fourth-order valence-electron chi connectivity index (χ4n) is 4.37. The third-order valence-electron chi connectivity index (χ3n) is 5.95. The number of hydrogen-bond acceptors (Lipinski definition) is 3. The summed E-state index contributed by atoms with van der Waals surface area (Å²) in [5, 5.41) is 3.13. The molecule has 2 heterocycles. The van der Waals surface area contributed by atoms with Gasteiger partial charge in [-0.05, 0) is 69.0 Å². The van der Waals surface area contributed by atoms with Crippen molar-refractivity contribution in [3.63, 3.8) is 0 Å². The van der Waals surface area contributed by atoms with Crippen molar-refractivity contribution in [3.05, 3.63) is 65.7 Å². The first-order valence-electron chi connectivity index (χ1n) is 10.7. The molecule has 2 aliphatic rings. The summed E-state index contributed by atoms with van der Waals surface area (Å²) in [6.07, 6.45) is 5.10. The molecule has 2 aliphatic heterocycles. The van der Waals surface area contributed by atoms with E-state index in [0.717, 1.165) is 43.7 Å². The topological polar surface area (TPSA) is 52.7 Å². The van der Waals surface area contributed by atoms with Gasteiger partial charge in [0.1, 0.15) is 6.04 Å². The molecule has 1 unspecified atom stereocenters. The lowest BCUT2D eigenvalue weighted by Gasteiger charge is -2.35. The van der Waals surface area contributed by atoms with E-state index >= 15 is 0 Å². The van der Waals surface area contributed by atoms with Crippen molar-refractivity contribution in [3.8, 4) is 0 Å². The quantitative estimate of drug-likeness (QED) is 0.841. The maximum absolute atomic E-state index is 13.2. The first kappa shape index (κ1) is 19.6. The molecule has 0 spiro atoms. The summed E-state index contributed by atoms with van der Waals surface area (Å²) in [5.41, 5.74) is 2.64. The number of amides is 2. The van der Waals surface area contributed by atoms with Crippen LogP contribution in [0.5, 0.6) is 0 Å². The first-order valence-corrected chi connectivity index (χ1v) is 10.7. The molecule has 0 bridgehead atoms. The molecule has 2 aromatic rings. The average Bonchev–Trinajstić information content (AvgIpc) is 3.28. The van der Waals surface area contributed by atoms with Crippen LogP contribution >= 0.6 is 0 Å². The summed E-state index contributed by atoms with van der Waals surface area (Å²) in [6, 6.07) is 16.9. The number of piperidine rings is 1.